The molecule has 1 aliphatic heterocycles. The monoisotopic (exact) mass is 371 g/mol. The van der Waals surface area contributed by atoms with Gasteiger partial charge < -0.3 is 24.6 Å². The van der Waals surface area contributed by atoms with E-state index in [-0.39, 0.29) is 5.91 Å². The van der Waals surface area contributed by atoms with Gasteiger partial charge in [0.05, 0.1) is 14.2 Å². The normalized spacial score (nSPS) is 14.0. The molecular weight excluding hydrogens is 346 g/mol. The molecule has 1 aromatic carbocycles. The lowest BCUT2D eigenvalue weighted by Gasteiger charge is -2.34. The molecule has 2 heterocycles. The summed E-state index contributed by atoms with van der Waals surface area (Å²) >= 11 is 0. The van der Waals surface area contributed by atoms with Crippen LogP contribution in [0.25, 0.3) is 0 Å². The minimum absolute atomic E-state index is 0.120. The molecule has 8 heteroatoms. The van der Waals surface area contributed by atoms with Crippen LogP contribution in [0, 0.1) is 0 Å². The molecule has 3 rings (SSSR count). The molecule has 1 saturated heterocycles. The van der Waals surface area contributed by atoms with Gasteiger partial charge in [-0.1, -0.05) is 6.07 Å². The molecule has 0 unspecified atom stereocenters. The number of hydrogen-bond donors (Lipinski definition) is 1. The van der Waals surface area contributed by atoms with Crippen LogP contribution >= 0.6 is 0 Å². The van der Waals surface area contributed by atoms with Crippen molar-refractivity contribution in [3.05, 3.63) is 36.0 Å². The van der Waals surface area contributed by atoms with E-state index in [1.165, 1.54) is 0 Å². The third kappa shape index (κ3) is 4.58. The van der Waals surface area contributed by atoms with E-state index in [4.69, 9.17) is 9.47 Å². The minimum atomic E-state index is 0.120. The number of hydrogen-bond acceptors (Lipinski definition) is 7. The molecule has 0 bridgehead atoms. The number of amides is 1. The average Bonchev–Trinajstić information content (AvgIpc) is 2.72. The Kier molecular flexibility index (Phi) is 5.95. The summed E-state index contributed by atoms with van der Waals surface area (Å²) < 4.78 is 10.6. The van der Waals surface area contributed by atoms with Gasteiger partial charge in [-0.15, -0.1) is 0 Å². The maximum absolute atomic E-state index is 11.5. The summed E-state index contributed by atoms with van der Waals surface area (Å²) in [6, 6.07) is 7.67. The summed E-state index contributed by atoms with van der Waals surface area (Å²) in [5.41, 5.74) is 1.04. The maximum Gasteiger partial charge on any atom is 0.224 e. The Balaban J connectivity index is 1.62. The van der Waals surface area contributed by atoms with Crippen molar-refractivity contribution < 1.29 is 14.3 Å². The predicted molar refractivity (Wildman–Crippen MR) is 103 cm³/mol. The van der Waals surface area contributed by atoms with Gasteiger partial charge in [-0.2, -0.15) is 4.98 Å². The first-order chi connectivity index (χ1) is 13.1. The quantitative estimate of drug-likeness (QED) is 0.829. The van der Waals surface area contributed by atoms with E-state index in [9.17, 15) is 4.79 Å². The SMILES string of the molecule is COc1ccc(CNc2nccc(N3CCN(C(C)=O)CC3)n2)cc1OC. The van der Waals surface area contributed by atoms with Crippen molar-refractivity contribution in [3.8, 4) is 11.5 Å². The largest absolute Gasteiger partial charge is 0.493 e. The molecule has 1 aliphatic rings. The molecule has 0 saturated carbocycles. The fraction of sp³-hybridized carbons (Fsp3) is 0.421. The highest BCUT2D eigenvalue weighted by molar-refractivity contribution is 5.73. The number of methoxy groups -OCH3 is 2. The summed E-state index contributed by atoms with van der Waals surface area (Å²) in [6.07, 6.45) is 1.75. The van der Waals surface area contributed by atoms with Crippen LogP contribution < -0.4 is 19.7 Å². The number of ether oxygens (including phenoxy) is 2. The molecule has 1 fully saturated rings. The Hall–Kier alpha value is -3.03. The van der Waals surface area contributed by atoms with Gasteiger partial charge in [-0.3, -0.25) is 4.79 Å². The number of benzene rings is 1. The molecule has 27 heavy (non-hydrogen) atoms. The Labute approximate surface area is 159 Å². The van der Waals surface area contributed by atoms with Gasteiger partial charge >= 0.3 is 0 Å². The molecule has 2 aromatic rings. The van der Waals surface area contributed by atoms with Crippen molar-refractivity contribution in [1.29, 1.82) is 0 Å². The van der Waals surface area contributed by atoms with Crippen molar-refractivity contribution in [2.24, 2.45) is 0 Å². The van der Waals surface area contributed by atoms with Crippen LogP contribution in [0.15, 0.2) is 30.5 Å². The van der Waals surface area contributed by atoms with Gasteiger partial charge in [0.15, 0.2) is 11.5 Å². The Morgan fingerprint density at radius 3 is 2.52 bits per heavy atom. The molecule has 1 N–H and O–H groups in total. The van der Waals surface area contributed by atoms with Crippen LogP contribution in [0.3, 0.4) is 0 Å². The Morgan fingerprint density at radius 1 is 1.11 bits per heavy atom. The van der Waals surface area contributed by atoms with E-state index in [1.807, 2.05) is 29.2 Å². The summed E-state index contributed by atoms with van der Waals surface area (Å²) in [5.74, 6) is 2.94. The van der Waals surface area contributed by atoms with Crippen molar-refractivity contribution in [1.82, 2.24) is 14.9 Å². The number of piperazine rings is 1. The number of anilines is 2. The second-order valence-electron chi connectivity index (χ2n) is 6.27. The van der Waals surface area contributed by atoms with Crippen molar-refractivity contribution in [2.45, 2.75) is 13.5 Å². The lowest BCUT2D eigenvalue weighted by Crippen LogP contribution is -2.48. The summed E-state index contributed by atoms with van der Waals surface area (Å²) in [6.45, 7) is 5.15. The third-order valence-electron chi connectivity index (χ3n) is 4.59. The van der Waals surface area contributed by atoms with E-state index >= 15 is 0 Å². The Bertz CT molecular complexity index is 791. The second-order valence-corrected chi connectivity index (χ2v) is 6.27. The number of carbonyl (C=O) groups excluding carboxylic acids is 1. The summed E-state index contributed by atoms with van der Waals surface area (Å²) in [4.78, 5) is 24.4. The lowest BCUT2D eigenvalue weighted by molar-refractivity contribution is -0.129. The van der Waals surface area contributed by atoms with Crippen LogP contribution in [0.1, 0.15) is 12.5 Å². The number of rotatable bonds is 6. The zero-order chi connectivity index (χ0) is 19.2. The van der Waals surface area contributed by atoms with Crippen LogP contribution in [0.5, 0.6) is 11.5 Å². The molecule has 0 radical (unpaired) electrons. The van der Waals surface area contributed by atoms with Gasteiger partial charge in [0.1, 0.15) is 5.82 Å². The highest BCUT2D eigenvalue weighted by Gasteiger charge is 2.19. The molecule has 1 aromatic heterocycles. The third-order valence-corrected chi connectivity index (χ3v) is 4.59. The van der Waals surface area contributed by atoms with E-state index in [0.717, 1.165) is 24.5 Å². The standard InChI is InChI=1S/C19H25N5O3/c1-14(25)23-8-10-24(11-9-23)18-6-7-20-19(22-18)21-13-15-4-5-16(26-2)17(12-15)27-3/h4-7,12H,8-11,13H2,1-3H3,(H,20,21,22). The molecule has 0 spiro atoms. The Morgan fingerprint density at radius 2 is 1.85 bits per heavy atom. The first-order valence-electron chi connectivity index (χ1n) is 8.89. The fourth-order valence-electron chi connectivity index (χ4n) is 3.03. The molecule has 8 nitrogen and oxygen atoms in total. The van der Waals surface area contributed by atoms with Gasteiger partial charge in [0, 0.05) is 45.8 Å². The topological polar surface area (TPSA) is 79.8 Å². The van der Waals surface area contributed by atoms with Crippen LogP contribution in [0.2, 0.25) is 0 Å². The van der Waals surface area contributed by atoms with E-state index in [2.05, 4.69) is 20.2 Å². The zero-order valence-electron chi connectivity index (χ0n) is 15.9. The zero-order valence-corrected chi connectivity index (χ0v) is 15.9. The molecule has 0 aliphatic carbocycles. The maximum atomic E-state index is 11.5. The number of aromatic nitrogens is 2. The van der Waals surface area contributed by atoms with E-state index < -0.39 is 0 Å². The van der Waals surface area contributed by atoms with Crippen molar-refractivity contribution in [3.63, 3.8) is 0 Å². The minimum Gasteiger partial charge on any atom is -0.493 e. The highest BCUT2D eigenvalue weighted by Crippen LogP contribution is 2.27. The number of carbonyl (C=O) groups is 1. The van der Waals surface area contributed by atoms with Gasteiger partial charge in [0.25, 0.3) is 0 Å². The van der Waals surface area contributed by atoms with Crippen molar-refractivity contribution in [2.75, 3.05) is 50.6 Å². The fourth-order valence-corrected chi connectivity index (χ4v) is 3.03. The number of nitrogens with one attached hydrogen (secondary N) is 1. The predicted octanol–water partition coefficient (Wildman–Crippen LogP) is 1.77. The van der Waals surface area contributed by atoms with Gasteiger partial charge in [-0.05, 0) is 23.8 Å². The van der Waals surface area contributed by atoms with E-state index in [0.29, 0.717) is 37.1 Å². The molecule has 144 valence electrons. The van der Waals surface area contributed by atoms with Crippen LogP contribution in [0.4, 0.5) is 11.8 Å². The summed E-state index contributed by atoms with van der Waals surface area (Å²) in [5, 5.41) is 3.25. The van der Waals surface area contributed by atoms with E-state index in [1.54, 1.807) is 27.3 Å². The first kappa shape index (κ1) is 18.8. The number of nitrogens with zero attached hydrogens (tertiary/aromatic N) is 4. The van der Waals surface area contributed by atoms with Crippen LogP contribution in [-0.4, -0.2) is 61.2 Å². The summed E-state index contributed by atoms with van der Waals surface area (Å²) in [7, 11) is 3.23. The first-order valence-corrected chi connectivity index (χ1v) is 8.89. The van der Waals surface area contributed by atoms with Crippen LogP contribution in [-0.2, 0) is 11.3 Å². The highest BCUT2D eigenvalue weighted by atomic mass is 16.5. The average molecular weight is 371 g/mol. The van der Waals surface area contributed by atoms with Crippen molar-refractivity contribution >= 4 is 17.7 Å². The molecule has 0 atom stereocenters. The van der Waals surface area contributed by atoms with Gasteiger partial charge in [-0.25, -0.2) is 4.98 Å². The molecular formula is C19H25N5O3. The second kappa shape index (κ2) is 8.57. The lowest BCUT2D eigenvalue weighted by atomic mass is 10.2. The van der Waals surface area contributed by atoms with Gasteiger partial charge in [0.2, 0.25) is 11.9 Å². The smallest absolute Gasteiger partial charge is 0.224 e. The molecule has 1 amide bonds.